The summed E-state index contributed by atoms with van der Waals surface area (Å²) in [6.07, 6.45) is 3.39. The molecule has 0 aromatic heterocycles. The number of hydrogen-bond donors (Lipinski definition) is 1. The van der Waals surface area contributed by atoms with Crippen molar-refractivity contribution in [1.82, 2.24) is 5.32 Å². The van der Waals surface area contributed by atoms with Crippen molar-refractivity contribution in [3.05, 3.63) is 28.2 Å². The van der Waals surface area contributed by atoms with Gasteiger partial charge in [0.25, 0.3) is 0 Å². The van der Waals surface area contributed by atoms with E-state index in [0.29, 0.717) is 22.3 Å². The van der Waals surface area contributed by atoms with Crippen LogP contribution in [0.2, 0.25) is 10.0 Å². The average Bonchev–Trinajstić information content (AvgIpc) is 2.46. The largest absolute Gasteiger partial charge is 0.356 e. The predicted octanol–water partition coefficient (Wildman–Crippen LogP) is 4.04. The smallest absolute Gasteiger partial charge is 0.223 e. The molecule has 0 saturated heterocycles. The van der Waals surface area contributed by atoms with E-state index in [9.17, 15) is 9.59 Å². The Morgan fingerprint density at radius 1 is 1.18 bits per heavy atom. The van der Waals surface area contributed by atoms with E-state index in [1.54, 1.807) is 18.2 Å². The molecule has 0 bridgehead atoms. The molecule has 1 N–H and O–H groups in total. The molecule has 1 rings (SSSR count). The van der Waals surface area contributed by atoms with Gasteiger partial charge in [-0.25, -0.2) is 0 Å². The third-order valence-corrected chi connectivity index (χ3v) is 3.86. The molecular weight excluding hydrogens is 323 g/mol. The van der Waals surface area contributed by atoms with Gasteiger partial charge in [-0.05, 0) is 18.6 Å². The van der Waals surface area contributed by atoms with Crippen LogP contribution in [0.1, 0.15) is 39.5 Å². The molecule has 0 spiro atoms. The Bertz CT molecular complexity index is 501. The third-order valence-electron chi connectivity index (χ3n) is 3.25. The molecule has 22 heavy (non-hydrogen) atoms. The number of benzene rings is 1. The summed E-state index contributed by atoms with van der Waals surface area (Å²) >= 11 is 12.2. The van der Waals surface area contributed by atoms with Gasteiger partial charge in [-0.3, -0.25) is 9.59 Å². The van der Waals surface area contributed by atoms with E-state index in [4.69, 9.17) is 23.2 Å². The lowest BCUT2D eigenvalue weighted by molar-refractivity contribution is -0.121. The van der Waals surface area contributed by atoms with Crippen LogP contribution in [0.15, 0.2) is 18.2 Å². The lowest BCUT2D eigenvalue weighted by Crippen LogP contribution is -2.34. The highest BCUT2D eigenvalue weighted by molar-refractivity contribution is 6.39. The first-order valence-electron chi connectivity index (χ1n) is 7.46. The summed E-state index contributed by atoms with van der Waals surface area (Å²) in [5.41, 5.74) is 0.456. The maximum atomic E-state index is 11.8. The van der Waals surface area contributed by atoms with E-state index >= 15 is 0 Å². The maximum absolute atomic E-state index is 11.8. The molecule has 6 heteroatoms. The Hall–Kier alpha value is -1.26. The van der Waals surface area contributed by atoms with Crippen molar-refractivity contribution in [3.8, 4) is 0 Å². The van der Waals surface area contributed by atoms with Crippen molar-refractivity contribution in [1.29, 1.82) is 0 Å². The quantitative estimate of drug-likeness (QED) is 0.723. The van der Waals surface area contributed by atoms with Crippen molar-refractivity contribution in [2.45, 2.75) is 39.5 Å². The van der Waals surface area contributed by atoms with Crippen molar-refractivity contribution in [2.75, 3.05) is 18.0 Å². The van der Waals surface area contributed by atoms with E-state index in [1.807, 2.05) is 0 Å². The summed E-state index contributed by atoms with van der Waals surface area (Å²) < 4.78 is 0. The number of carbonyl (C=O) groups excluding carboxylic acids is 2. The zero-order chi connectivity index (χ0) is 16.5. The number of anilines is 1. The van der Waals surface area contributed by atoms with Crippen molar-refractivity contribution < 1.29 is 9.59 Å². The second kappa shape index (κ2) is 9.70. The fourth-order valence-electron chi connectivity index (χ4n) is 2.08. The van der Waals surface area contributed by atoms with Crippen molar-refractivity contribution in [2.24, 2.45) is 0 Å². The Balaban J connectivity index is 2.63. The number of hydrogen-bond acceptors (Lipinski definition) is 2. The van der Waals surface area contributed by atoms with Crippen LogP contribution in [-0.4, -0.2) is 24.9 Å². The molecule has 0 atom stereocenters. The highest BCUT2D eigenvalue weighted by Crippen LogP contribution is 2.33. The van der Waals surface area contributed by atoms with Crippen LogP contribution >= 0.6 is 23.2 Å². The molecular formula is C16H22Cl2N2O2. The molecule has 122 valence electrons. The summed E-state index contributed by atoms with van der Waals surface area (Å²) in [5.74, 6) is -0.278. The Morgan fingerprint density at radius 2 is 1.82 bits per heavy atom. The van der Waals surface area contributed by atoms with Crippen LogP contribution in [0.3, 0.4) is 0 Å². The fraction of sp³-hybridized carbons (Fsp3) is 0.500. The minimum absolute atomic E-state index is 0.0782. The van der Waals surface area contributed by atoms with Gasteiger partial charge in [-0.1, -0.05) is 49.0 Å². The zero-order valence-electron chi connectivity index (χ0n) is 13.0. The van der Waals surface area contributed by atoms with E-state index in [-0.39, 0.29) is 24.8 Å². The van der Waals surface area contributed by atoms with E-state index < -0.39 is 0 Å². The monoisotopic (exact) mass is 344 g/mol. The minimum atomic E-state index is -0.200. The van der Waals surface area contributed by atoms with Crippen molar-refractivity contribution in [3.63, 3.8) is 0 Å². The lowest BCUT2D eigenvalue weighted by atomic mass is 10.2. The van der Waals surface area contributed by atoms with Gasteiger partial charge in [-0.2, -0.15) is 0 Å². The normalized spacial score (nSPS) is 10.4. The van der Waals surface area contributed by atoms with Crippen LogP contribution in [0.25, 0.3) is 0 Å². The van der Waals surface area contributed by atoms with Gasteiger partial charge in [0.2, 0.25) is 11.8 Å². The molecule has 0 heterocycles. The summed E-state index contributed by atoms with van der Waals surface area (Å²) in [4.78, 5) is 25.1. The topological polar surface area (TPSA) is 49.4 Å². The zero-order valence-corrected chi connectivity index (χ0v) is 14.5. The molecule has 4 nitrogen and oxygen atoms in total. The standard InChI is InChI=1S/C16H22Cl2N2O2/c1-3-4-5-10-19-15(22)9-11-20(12(2)21)16-13(17)7-6-8-14(16)18/h6-8H,3-5,9-11H2,1-2H3,(H,19,22). The number of halogens is 2. The summed E-state index contributed by atoms with van der Waals surface area (Å²) in [7, 11) is 0. The van der Waals surface area contributed by atoms with Crippen LogP contribution in [0.4, 0.5) is 5.69 Å². The molecule has 1 aromatic rings. The molecule has 0 unspecified atom stereocenters. The van der Waals surface area contributed by atoms with E-state index in [0.717, 1.165) is 19.3 Å². The van der Waals surface area contributed by atoms with Gasteiger partial charge in [-0.15, -0.1) is 0 Å². The number of amides is 2. The number of unbranched alkanes of at least 4 members (excludes halogenated alkanes) is 2. The van der Waals surface area contributed by atoms with Crippen LogP contribution in [-0.2, 0) is 9.59 Å². The molecule has 0 aliphatic carbocycles. The van der Waals surface area contributed by atoms with Gasteiger partial charge < -0.3 is 10.2 Å². The SMILES string of the molecule is CCCCCNC(=O)CCN(C(C)=O)c1c(Cl)cccc1Cl. The first-order chi connectivity index (χ1) is 10.5. The van der Waals surface area contributed by atoms with Gasteiger partial charge in [0.05, 0.1) is 15.7 Å². The first kappa shape index (κ1) is 18.8. The third kappa shape index (κ3) is 5.85. The predicted molar refractivity (Wildman–Crippen MR) is 91.6 cm³/mol. The fourth-order valence-corrected chi connectivity index (χ4v) is 2.68. The molecule has 1 aromatic carbocycles. The Labute approximate surface area is 141 Å². The molecule has 0 saturated carbocycles. The van der Waals surface area contributed by atoms with Gasteiger partial charge in [0, 0.05) is 26.4 Å². The molecule has 0 aliphatic heterocycles. The van der Waals surface area contributed by atoms with Crippen LogP contribution in [0, 0.1) is 0 Å². The Morgan fingerprint density at radius 3 is 2.36 bits per heavy atom. The van der Waals surface area contributed by atoms with Crippen molar-refractivity contribution >= 4 is 40.7 Å². The molecule has 0 fully saturated rings. The molecule has 2 amide bonds. The van der Waals surface area contributed by atoms with Crippen LogP contribution in [0.5, 0.6) is 0 Å². The molecule has 0 aliphatic rings. The number of nitrogens with zero attached hydrogens (tertiary/aromatic N) is 1. The number of rotatable bonds is 8. The highest BCUT2D eigenvalue weighted by atomic mass is 35.5. The second-order valence-electron chi connectivity index (χ2n) is 5.05. The second-order valence-corrected chi connectivity index (χ2v) is 5.86. The summed E-state index contributed by atoms with van der Waals surface area (Å²) in [6, 6.07) is 5.06. The summed E-state index contributed by atoms with van der Waals surface area (Å²) in [5, 5.41) is 3.64. The first-order valence-corrected chi connectivity index (χ1v) is 8.21. The van der Waals surface area contributed by atoms with Gasteiger partial charge in [0.15, 0.2) is 0 Å². The van der Waals surface area contributed by atoms with Gasteiger partial charge >= 0.3 is 0 Å². The lowest BCUT2D eigenvalue weighted by Gasteiger charge is -2.23. The number of carbonyl (C=O) groups is 2. The maximum Gasteiger partial charge on any atom is 0.223 e. The minimum Gasteiger partial charge on any atom is -0.356 e. The Kier molecular flexibility index (Phi) is 8.28. The van der Waals surface area contributed by atoms with E-state index in [2.05, 4.69) is 12.2 Å². The van der Waals surface area contributed by atoms with Crippen LogP contribution < -0.4 is 10.2 Å². The van der Waals surface area contributed by atoms with Gasteiger partial charge in [0.1, 0.15) is 0 Å². The highest BCUT2D eigenvalue weighted by Gasteiger charge is 2.18. The summed E-state index contributed by atoms with van der Waals surface area (Å²) in [6.45, 7) is 4.46. The molecule has 0 radical (unpaired) electrons. The average molecular weight is 345 g/mol. The number of nitrogens with one attached hydrogen (secondary N) is 1. The number of para-hydroxylation sites is 1. The van der Waals surface area contributed by atoms with E-state index in [1.165, 1.54) is 11.8 Å².